The first-order valence-electron chi connectivity index (χ1n) is 4.90. The third-order valence-electron chi connectivity index (χ3n) is 2.17. The van der Waals surface area contributed by atoms with Crippen molar-refractivity contribution >= 4 is 8.56 Å². The molecule has 0 atom stereocenters. The van der Waals surface area contributed by atoms with Gasteiger partial charge < -0.3 is 16.2 Å². The highest BCUT2D eigenvalue weighted by Crippen LogP contribution is 2.48. The molecule has 18 heavy (non-hydrogen) atoms. The van der Waals surface area contributed by atoms with Gasteiger partial charge in [0.15, 0.2) is 0 Å². The number of halogens is 7. The third kappa shape index (κ3) is 4.70. The maximum Gasteiger partial charge on any atom is 0.459 e. The Balaban J connectivity index is 4.41. The van der Waals surface area contributed by atoms with Crippen LogP contribution >= 0.6 is 0 Å². The molecule has 0 spiro atoms. The van der Waals surface area contributed by atoms with Crippen molar-refractivity contribution in [3.05, 3.63) is 0 Å². The molecule has 3 nitrogen and oxygen atoms in total. The van der Waals surface area contributed by atoms with Gasteiger partial charge in [0.25, 0.3) is 8.56 Å². The van der Waals surface area contributed by atoms with E-state index in [-0.39, 0.29) is 12.5 Å². The molecule has 0 bridgehead atoms. The molecule has 0 unspecified atom stereocenters. The van der Waals surface area contributed by atoms with Gasteiger partial charge in [-0.05, 0) is 12.5 Å². The quantitative estimate of drug-likeness (QED) is 0.398. The molecular formula is C7H14F7N3Si. The Morgan fingerprint density at radius 2 is 1.22 bits per heavy atom. The minimum absolute atomic E-state index is 0.0410. The summed E-state index contributed by atoms with van der Waals surface area (Å²) in [5.41, 5.74) is 0. The molecule has 0 radical (unpaired) electrons. The first-order valence-corrected chi connectivity index (χ1v) is 7.34. The molecule has 0 aliphatic rings. The van der Waals surface area contributed by atoms with Crippen LogP contribution in [0.2, 0.25) is 6.04 Å². The molecule has 0 aromatic rings. The zero-order valence-electron chi connectivity index (χ0n) is 9.21. The van der Waals surface area contributed by atoms with Crippen LogP contribution in [0.1, 0.15) is 19.3 Å². The van der Waals surface area contributed by atoms with Crippen LogP contribution < -0.4 is 16.2 Å². The van der Waals surface area contributed by atoms with E-state index in [4.69, 9.17) is 16.2 Å². The van der Waals surface area contributed by atoms with Crippen LogP contribution in [0, 0.1) is 0 Å². The zero-order chi connectivity index (χ0) is 14.8. The predicted molar refractivity (Wildman–Crippen MR) is 52.9 cm³/mol. The fraction of sp³-hybridized carbons (Fsp3) is 1.00. The summed E-state index contributed by atoms with van der Waals surface area (Å²) in [4.78, 5) is 0. The number of hydrogen-bond donors (Lipinski definition) is 3. The summed E-state index contributed by atoms with van der Waals surface area (Å²) >= 11 is 0. The molecule has 0 aliphatic heterocycles. The Labute approximate surface area is 99.7 Å². The first kappa shape index (κ1) is 17.6. The van der Waals surface area contributed by atoms with Crippen LogP contribution in [0.4, 0.5) is 30.7 Å². The van der Waals surface area contributed by atoms with Crippen LogP contribution in [0.3, 0.4) is 0 Å². The molecule has 0 rings (SSSR count). The molecule has 110 valence electrons. The molecule has 0 fully saturated rings. The number of nitrogens with two attached hydrogens (primary N) is 3. The summed E-state index contributed by atoms with van der Waals surface area (Å²) < 4.78 is 85.6. The number of rotatable bonds is 6. The first-order chi connectivity index (χ1) is 7.71. The van der Waals surface area contributed by atoms with Crippen LogP contribution in [0.25, 0.3) is 0 Å². The van der Waals surface area contributed by atoms with Gasteiger partial charge in [-0.15, -0.1) is 0 Å². The van der Waals surface area contributed by atoms with Crippen molar-refractivity contribution in [3.8, 4) is 0 Å². The topological polar surface area (TPSA) is 78.1 Å². The van der Waals surface area contributed by atoms with Gasteiger partial charge in [0.05, 0.1) is 0 Å². The normalized spacial score (nSPS) is 15.0. The van der Waals surface area contributed by atoms with Crippen molar-refractivity contribution in [1.29, 1.82) is 0 Å². The van der Waals surface area contributed by atoms with Crippen LogP contribution in [0.15, 0.2) is 0 Å². The van der Waals surface area contributed by atoms with Crippen LogP contribution in [-0.2, 0) is 0 Å². The second-order valence-corrected chi connectivity index (χ2v) is 6.82. The van der Waals surface area contributed by atoms with E-state index in [9.17, 15) is 30.7 Å². The van der Waals surface area contributed by atoms with Gasteiger partial charge in [-0.3, -0.25) is 0 Å². The number of alkyl halides is 7. The minimum atomic E-state index is -6.29. The van der Waals surface area contributed by atoms with Crippen molar-refractivity contribution in [3.63, 3.8) is 0 Å². The molecule has 0 aliphatic carbocycles. The van der Waals surface area contributed by atoms with Gasteiger partial charge in [0.1, 0.15) is 0 Å². The second-order valence-electron chi connectivity index (χ2n) is 4.10. The number of unbranched alkanes of at least 4 members (excludes halogenated alkanes) is 1. The Morgan fingerprint density at radius 3 is 1.56 bits per heavy atom. The Morgan fingerprint density at radius 1 is 0.778 bits per heavy atom. The average molecular weight is 301 g/mol. The van der Waals surface area contributed by atoms with E-state index in [0.29, 0.717) is 0 Å². The monoisotopic (exact) mass is 301 g/mol. The van der Waals surface area contributed by atoms with E-state index < -0.39 is 39.4 Å². The van der Waals surface area contributed by atoms with Gasteiger partial charge >= 0.3 is 18.0 Å². The summed E-state index contributed by atoms with van der Waals surface area (Å²) in [7, 11) is -2.99. The van der Waals surface area contributed by atoms with Gasteiger partial charge in [0, 0.05) is 6.42 Å². The van der Waals surface area contributed by atoms with Crippen molar-refractivity contribution < 1.29 is 30.7 Å². The summed E-state index contributed by atoms with van der Waals surface area (Å²) in [6, 6.07) is -0.0410. The van der Waals surface area contributed by atoms with Crippen LogP contribution in [-0.4, -0.2) is 26.6 Å². The SMILES string of the molecule is N[Si](N)(N)CCCCC(F)(F)C(F)(F)C(F)(F)F. The van der Waals surface area contributed by atoms with Crippen LogP contribution in [0.5, 0.6) is 0 Å². The van der Waals surface area contributed by atoms with E-state index in [1.54, 1.807) is 0 Å². The summed E-state index contributed by atoms with van der Waals surface area (Å²) in [6.07, 6.45) is -8.59. The standard InChI is InChI=1S/C7H14F7N3Si/c8-5(9,6(10,11)7(12,13)14)3-1-2-4-18(15,16)17/h1-4,15-17H2. The lowest BCUT2D eigenvalue weighted by atomic mass is 10.0. The summed E-state index contributed by atoms with van der Waals surface area (Å²) in [5.74, 6) is -11.2. The third-order valence-corrected chi connectivity index (χ3v) is 3.39. The lowest BCUT2D eigenvalue weighted by molar-refractivity contribution is -0.355. The lowest BCUT2D eigenvalue weighted by Crippen LogP contribution is -2.64. The van der Waals surface area contributed by atoms with Crippen molar-refractivity contribution in [2.45, 2.75) is 43.3 Å². The van der Waals surface area contributed by atoms with Crippen molar-refractivity contribution in [2.24, 2.45) is 16.2 Å². The lowest BCUT2D eigenvalue weighted by Gasteiger charge is -2.28. The Hall–Kier alpha value is -0.393. The molecule has 11 heteroatoms. The predicted octanol–water partition coefficient (Wildman–Crippen LogP) is 1.80. The maximum atomic E-state index is 12.8. The second kappa shape index (κ2) is 5.31. The molecular weight excluding hydrogens is 287 g/mol. The fourth-order valence-corrected chi connectivity index (χ4v) is 2.00. The highest BCUT2D eigenvalue weighted by Gasteiger charge is 2.72. The maximum absolute atomic E-state index is 12.8. The number of hydrogen-bond acceptors (Lipinski definition) is 3. The van der Waals surface area contributed by atoms with Gasteiger partial charge in [0.2, 0.25) is 0 Å². The largest absolute Gasteiger partial charge is 0.459 e. The fourth-order valence-electron chi connectivity index (χ4n) is 1.14. The van der Waals surface area contributed by atoms with Gasteiger partial charge in [-0.2, -0.15) is 30.7 Å². The molecule has 0 heterocycles. The van der Waals surface area contributed by atoms with Crippen molar-refractivity contribution in [1.82, 2.24) is 0 Å². The Bertz CT molecular complexity index is 273. The van der Waals surface area contributed by atoms with E-state index in [1.807, 2.05) is 0 Å². The molecule has 0 aromatic heterocycles. The minimum Gasteiger partial charge on any atom is -0.327 e. The highest BCUT2D eigenvalue weighted by atomic mass is 28.4. The molecule has 0 aromatic carbocycles. The highest BCUT2D eigenvalue weighted by molar-refractivity contribution is 6.70. The summed E-state index contributed by atoms with van der Waals surface area (Å²) in [5, 5.41) is 15.7. The average Bonchev–Trinajstić information content (AvgIpc) is 2.09. The van der Waals surface area contributed by atoms with Gasteiger partial charge in [-0.1, -0.05) is 6.42 Å². The molecule has 0 saturated carbocycles. The molecule has 6 N–H and O–H groups in total. The smallest absolute Gasteiger partial charge is 0.327 e. The van der Waals surface area contributed by atoms with E-state index in [2.05, 4.69) is 0 Å². The Kier molecular flexibility index (Phi) is 5.19. The molecule has 0 saturated heterocycles. The van der Waals surface area contributed by atoms with E-state index in [1.165, 1.54) is 0 Å². The van der Waals surface area contributed by atoms with Crippen molar-refractivity contribution in [2.75, 3.05) is 0 Å². The van der Waals surface area contributed by atoms with E-state index in [0.717, 1.165) is 0 Å². The molecule has 0 amide bonds. The van der Waals surface area contributed by atoms with E-state index >= 15 is 0 Å². The zero-order valence-corrected chi connectivity index (χ0v) is 10.2. The van der Waals surface area contributed by atoms with Gasteiger partial charge in [-0.25, -0.2) is 0 Å². The summed E-state index contributed by atoms with van der Waals surface area (Å²) in [6.45, 7) is 0.